The Morgan fingerprint density at radius 1 is 0.968 bits per heavy atom. The maximum Gasteiger partial charge on any atom is 0.251 e. The number of rotatable bonds is 7. The van der Waals surface area contributed by atoms with Gasteiger partial charge in [0.15, 0.2) is 0 Å². The number of pyridine rings is 1. The summed E-state index contributed by atoms with van der Waals surface area (Å²) in [5.41, 5.74) is 3.89. The van der Waals surface area contributed by atoms with Crippen LogP contribution in [-0.4, -0.2) is 49.1 Å². The number of para-hydroxylation sites is 2. The van der Waals surface area contributed by atoms with E-state index in [-0.39, 0.29) is 5.91 Å². The second-order valence-corrected chi connectivity index (χ2v) is 7.64. The molecule has 0 saturated carbocycles. The average molecular weight is 417 g/mol. The first kappa shape index (κ1) is 20.9. The summed E-state index contributed by atoms with van der Waals surface area (Å²) in [5, 5.41) is 2.92. The Hall–Kier alpha value is -3.38. The van der Waals surface area contributed by atoms with Crippen molar-refractivity contribution in [1.29, 1.82) is 0 Å². The maximum absolute atomic E-state index is 12.4. The van der Waals surface area contributed by atoms with Crippen molar-refractivity contribution in [1.82, 2.24) is 15.2 Å². The lowest BCUT2D eigenvalue weighted by molar-refractivity contribution is 0.0950. The Kier molecular flexibility index (Phi) is 6.79. The minimum atomic E-state index is -0.0809. The molecular weight excluding hydrogens is 388 g/mol. The van der Waals surface area contributed by atoms with Crippen molar-refractivity contribution >= 4 is 11.6 Å². The Morgan fingerprint density at radius 3 is 2.42 bits per heavy atom. The third-order valence-corrected chi connectivity index (χ3v) is 5.58. The molecule has 160 valence electrons. The molecule has 0 bridgehead atoms. The number of anilines is 1. The van der Waals surface area contributed by atoms with Crippen molar-refractivity contribution in [3.63, 3.8) is 0 Å². The van der Waals surface area contributed by atoms with Crippen LogP contribution in [0.25, 0.3) is 0 Å². The van der Waals surface area contributed by atoms with Crippen LogP contribution in [0.1, 0.15) is 21.6 Å². The second kappa shape index (κ2) is 10.1. The van der Waals surface area contributed by atoms with Crippen molar-refractivity contribution in [3.8, 4) is 5.75 Å². The number of methoxy groups -OCH3 is 1. The van der Waals surface area contributed by atoms with Gasteiger partial charge in [0.1, 0.15) is 5.75 Å². The van der Waals surface area contributed by atoms with Crippen molar-refractivity contribution in [2.75, 3.05) is 38.2 Å². The quantitative estimate of drug-likeness (QED) is 0.640. The highest BCUT2D eigenvalue weighted by Crippen LogP contribution is 2.28. The molecule has 1 N–H and O–H groups in total. The number of benzene rings is 2. The zero-order valence-electron chi connectivity index (χ0n) is 17.8. The fourth-order valence-corrected chi connectivity index (χ4v) is 3.83. The molecule has 1 aliphatic heterocycles. The molecule has 31 heavy (non-hydrogen) atoms. The number of nitrogens with one attached hydrogen (secondary N) is 1. The average Bonchev–Trinajstić information content (AvgIpc) is 2.84. The highest BCUT2D eigenvalue weighted by molar-refractivity contribution is 5.94. The molecule has 1 aromatic heterocycles. The first-order chi connectivity index (χ1) is 15.2. The number of nitrogens with zero attached hydrogens (tertiary/aromatic N) is 3. The first-order valence-electron chi connectivity index (χ1n) is 10.6. The molecule has 2 heterocycles. The van der Waals surface area contributed by atoms with Gasteiger partial charge in [-0.1, -0.05) is 30.3 Å². The van der Waals surface area contributed by atoms with E-state index in [0.717, 1.165) is 49.9 Å². The first-order valence-corrected chi connectivity index (χ1v) is 10.6. The van der Waals surface area contributed by atoms with E-state index in [2.05, 4.69) is 32.2 Å². The van der Waals surface area contributed by atoms with Crippen LogP contribution in [0.15, 0.2) is 72.9 Å². The fourth-order valence-electron chi connectivity index (χ4n) is 3.83. The number of amides is 1. The maximum atomic E-state index is 12.4. The van der Waals surface area contributed by atoms with Crippen molar-refractivity contribution in [2.45, 2.75) is 13.1 Å². The summed E-state index contributed by atoms with van der Waals surface area (Å²) in [6.45, 7) is 5.23. The third-order valence-electron chi connectivity index (χ3n) is 5.58. The van der Waals surface area contributed by atoms with E-state index in [9.17, 15) is 4.79 Å². The Labute approximate surface area is 183 Å². The van der Waals surface area contributed by atoms with E-state index in [0.29, 0.717) is 12.1 Å². The second-order valence-electron chi connectivity index (χ2n) is 7.64. The third kappa shape index (κ3) is 5.41. The minimum Gasteiger partial charge on any atom is -0.495 e. The zero-order valence-corrected chi connectivity index (χ0v) is 17.8. The molecule has 1 fully saturated rings. The van der Waals surface area contributed by atoms with Gasteiger partial charge >= 0.3 is 0 Å². The smallest absolute Gasteiger partial charge is 0.251 e. The van der Waals surface area contributed by atoms with E-state index in [1.807, 2.05) is 54.6 Å². The molecule has 0 spiro atoms. The Bertz CT molecular complexity index is 984. The van der Waals surface area contributed by atoms with Crippen LogP contribution in [0.5, 0.6) is 5.75 Å². The summed E-state index contributed by atoms with van der Waals surface area (Å²) in [4.78, 5) is 21.4. The van der Waals surface area contributed by atoms with Crippen LogP contribution in [0.3, 0.4) is 0 Å². The predicted molar refractivity (Wildman–Crippen MR) is 122 cm³/mol. The van der Waals surface area contributed by atoms with Crippen LogP contribution < -0.4 is 15.0 Å². The summed E-state index contributed by atoms with van der Waals surface area (Å²) in [5.74, 6) is 0.843. The largest absolute Gasteiger partial charge is 0.495 e. The molecule has 6 heteroatoms. The zero-order chi connectivity index (χ0) is 21.5. The number of hydrogen-bond acceptors (Lipinski definition) is 5. The molecule has 0 atom stereocenters. The van der Waals surface area contributed by atoms with E-state index < -0.39 is 0 Å². The number of ether oxygens (including phenoxy) is 1. The number of piperazine rings is 1. The van der Waals surface area contributed by atoms with E-state index in [1.54, 1.807) is 13.3 Å². The molecule has 0 unspecified atom stereocenters. The van der Waals surface area contributed by atoms with Crippen molar-refractivity contribution in [2.24, 2.45) is 0 Å². The molecule has 3 aromatic rings. The standard InChI is InChI=1S/C25H28N4O2/c1-31-24-8-3-2-7-23(24)29-16-14-28(15-17-29)19-20-9-11-21(12-10-20)25(30)27-18-22-6-4-5-13-26-22/h2-13H,14-19H2,1H3,(H,27,30). The summed E-state index contributed by atoms with van der Waals surface area (Å²) in [6, 6.07) is 21.7. The molecule has 6 nitrogen and oxygen atoms in total. The van der Waals surface area contributed by atoms with Gasteiger partial charge in [-0.2, -0.15) is 0 Å². The molecule has 1 saturated heterocycles. The van der Waals surface area contributed by atoms with Gasteiger partial charge in [-0.25, -0.2) is 0 Å². The number of carbonyl (C=O) groups excluding carboxylic acids is 1. The van der Waals surface area contributed by atoms with E-state index in [4.69, 9.17) is 4.74 Å². The predicted octanol–water partition coefficient (Wildman–Crippen LogP) is 3.34. The van der Waals surface area contributed by atoms with Gasteiger partial charge in [-0.05, 0) is 42.0 Å². The normalized spacial score (nSPS) is 14.3. The van der Waals surface area contributed by atoms with Gasteiger partial charge in [-0.15, -0.1) is 0 Å². The lowest BCUT2D eigenvalue weighted by atomic mass is 10.1. The highest BCUT2D eigenvalue weighted by atomic mass is 16.5. The summed E-state index contributed by atoms with van der Waals surface area (Å²) in [7, 11) is 1.72. The van der Waals surface area contributed by atoms with Gasteiger partial charge in [0, 0.05) is 44.5 Å². The lowest BCUT2D eigenvalue weighted by Crippen LogP contribution is -2.46. The molecule has 0 radical (unpaired) electrons. The molecule has 1 amide bonds. The number of hydrogen-bond donors (Lipinski definition) is 1. The topological polar surface area (TPSA) is 57.7 Å². The number of carbonyl (C=O) groups is 1. The van der Waals surface area contributed by atoms with Crippen LogP contribution >= 0.6 is 0 Å². The number of aromatic nitrogens is 1. The molecular formula is C25H28N4O2. The molecule has 2 aromatic carbocycles. The molecule has 1 aliphatic rings. The van der Waals surface area contributed by atoms with Gasteiger partial charge in [-0.3, -0.25) is 14.7 Å². The molecule has 4 rings (SSSR count). The van der Waals surface area contributed by atoms with Gasteiger partial charge < -0.3 is 15.0 Å². The monoisotopic (exact) mass is 416 g/mol. The highest BCUT2D eigenvalue weighted by Gasteiger charge is 2.19. The summed E-state index contributed by atoms with van der Waals surface area (Å²) < 4.78 is 5.50. The lowest BCUT2D eigenvalue weighted by Gasteiger charge is -2.36. The van der Waals surface area contributed by atoms with Crippen molar-refractivity contribution in [3.05, 3.63) is 89.7 Å². The fraction of sp³-hybridized carbons (Fsp3) is 0.280. The molecule has 0 aliphatic carbocycles. The van der Waals surface area contributed by atoms with Crippen molar-refractivity contribution < 1.29 is 9.53 Å². The van der Waals surface area contributed by atoms with E-state index >= 15 is 0 Å². The van der Waals surface area contributed by atoms with Gasteiger partial charge in [0.05, 0.1) is 25.0 Å². The SMILES string of the molecule is COc1ccccc1N1CCN(Cc2ccc(C(=O)NCc3ccccn3)cc2)CC1. The van der Waals surface area contributed by atoms with Gasteiger partial charge in [0.25, 0.3) is 5.91 Å². The van der Waals surface area contributed by atoms with Gasteiger partial charge in [0.2, 0.25) is 0 Å². The van der Waals surface area contributed by atoms with E-state index in [1.165, 1.54) is 5.56 Å². The van der Waals surface area contributed by atoms with Crippen LogP contribution in [0, 0.1) is 0 Å². The Balaban J connectivity index is 1.27. The minimum absolute atomic E-state index is 0.0809. The summed E-state index contributed by atoms with van der Waals surface area (Å²) >= 11 is 0. The summed E-state index contributed by atoms with van der Waals surface area (Å²) in [6.07, 6.45) is 1.73. The van der Waals surface area contributed by atoms with Crippen LogP contribution in [-0.2, 0) is 13.1 Å². The van der Waals surface area contributed by atoms with Crippen LogP contribution in [0.4, 0.5) is 5.69 Å². The Morgan fingerprint density at radius 2 is 1.71 bits per heavy atom. The van der Waals surface area contributed by atoms with Crippen LogP contribution in [0.2, 0.25) is 0 Å².